The molecule has 2 rings (SSSR count). The molecule has 0 saturated carbocycles. The van der Waals surface area contributed by atoms with Gasteiger partial charge in [0.15, 0.2) is 0 Å². The van der Waals surface area contributed by atoms with Crippen LogP contribution < -0.4 is 5.32 Å². The Kier molecular flexibility index (Phi) is 6.16. The molecule has 5 nitrogen and oxygen atoms in total. The number of nitrogens with one attached hydrogen (secondary N) is 1. The van der Waals surface area contributed by atoms with Gasteiger partial charge in [-0.15, -0.1) is 0 Å². The molecule has 0 radical (unpaired) electrons. The van der Waals surface area contributed by atoms with Crippen LogP contribution in [0.3, 0.4) is 0 Å². The summed E-state index contributed by atoms with van der Waals surface area (Å²) in [4.78, 5) is 20.2. The Hall–Kier alpha value is -2.09. The maximum Gasteiger partial charge on any atom is 0.490 e. The monoisotopic (exact) mass is 305 g/mol. The fourth-order valence-electron chi connectivity index (χ4n) is 1.32. The number of halogens is 3. The molecule has 8 heteroatoms. The van der Waals surface area contributed by atoms with Crippen LogP contribution in [0.5, 0.6) is 0 Å². The van der Waals surface area contributed by atoms with Crippen molar-refractivity contribution in [2.45, 2.75) is 25.2 Å². The van der Waals surface area contributed by atoms with Crippen LogP contribution in [-0.4, -0.2) is 35.8 Å². The number of esters is 1. The number of benzene rings is 1. The average molecular weight is 305 g/mol. The van der Waals surface area contributed by atoms with E-state index in [1.165, 1.54) is 0 Å². The van der Waals surface area contributed by atoms with E-state index in [-0.39, 0.29) is 12.0 Å². The molecule has 0 bridgehead atoms. The Morgan fingerprint density at radius 1 is 1.29 bits per heavy atom. The normalized spacial score (nSPS) is 17.0. The van der Waals surface area contributed by atoms with E-state index >= 15 is 0 Å². The van der Waals surface area contributed by atoms with Gasteiger partial charge in [-0.05, 0) is 18.5 Å². The van der Waals surface area contributed by atoms with Crippen molar-refractivity contribution in [3.05, 3.63) is 35.9 Å². The van der Waals surface area contributed by atoms with Crippen LogP contribution in [0.15, 0.2) is 30.3 Å². The van der Waals surface area contributed by atoms with E-state index < -0.39 is 12.1 Å². The van der Waals surface area contributed by atoms with Gasteiger partial charge in [-0.25, -0.2) is 4.79 Å². The van der Waals surface area contributed by atoms with Gasteiger partial charge < -0.3 is 15.2 Å². The molecule has 1 aliphatic heterocycles. The predicted molar refractivity (Wildman–Crippen MR) is 66.3 cm³/mol. The maximum atomic E-state index is 11.3. The molecular weight excluding hydrogens is 291 g/mol. The lowest BCUT2D eigenvalue weighted by Gasteiger charge is -2.25. The number of rotatable bonds is 3. The summed E-state index contributed by atoms with van der Waals surface area (Å²) in [5, 5.41) is 10.1. The van der Waals surface area contributed by atoms with Gasteiger partial charge in [-0.3, -0.25) is 4.79 Å². The lowest BCUT2D eigenvalue weighted by Crippen LogP contribution is -2.49. The molecule has 0 aromatic heterocycles. The van der Waals surface area contributed by atoms with E-state index in [2.05, 4.69) is 5.32 Å². The summed E-state index contributed by atoms with van der Waals surface area (Å²) >= 11 is 0. The second-order valence-electron chi connectivity index (χ2n) is 4.19. The van der Waals surface area contributed by atoms with Crippen molar-refractivity contribution < 1.29 is 32.6 Å². The lowest BCUT2D eigenvalue weighted by molar-refractivity contribution is -0.192. The first-order valence-corrected chi connectivity index (χ1v) is 6.04. The van der Waals surface area contributed by atoms with Crippen LogP contribution in [-0.2, 0) is 20.9 Å². The van der Waals surface area contributed by atoms with Crippen molar-refractivity contribution in [3.63, 3.8) is 0 Å². The number of carbonyl (C=O) groups excluding carboxylic acids is 1. The molecule has 1 fully saturated rings. The number of hydrogen-bond acceptors (Lipinski definition) is 4. The molecule has 0 aliphatic carbocycles. The first-order chi connectivity index (χ1) is 9.80. The highest BCUT2D eigenvalue weighted by Gasteiger charge is 2.38. The topological polar surface area (TPSA) is 75.6 Å². The highest BCUT2D eigenvalue weighted by atomic mass is 19.4. The van der Waals surface area contributed by atoms with Crippen molar-refractivity contribution in [3.8, 4) is 0 Å². The Morgan fingerprint density at radius 2 is 1.81 bits per heavy atom. The molecule has 1 aromatic carbocycles. The van der Waals surface area contributed by atoms with Gasteiger partial charge in [-0.2, -0.15) is 13.2 Å². The number of alkyl halides is 3. The van der Waals surface area contributed by atoms with Crippen molar-refractivity contribution in [2.75, 3.05) is 6.54 Å². The minimum Gasteiger partial charge on any atom is -0.475 e. The molecule has 1 saturated heterocycles. The minimum absolute atomic E-state index is 0.0706. The summed E-state index contributed by atoms with van der Waals surface area (Å²) < 4.78 is 36.9. The molecule has 1 aliphatic rings. The largest absolute Gasteiger partial charge is 0.490 e. The standard InChI is InChI=1S/C11H13NO2.C2HF3O2/c13-11(10-6-7-12-10)14-8-9-4-2-1-3-5-9;3-2(4,5)1(6)7/h1-5,10,12H,6-8H2;(H,6,7)/t10-;/m0./s1. The molecule has 2 N–H and O–H groups in total. The second kappa shape index (κ2) is 7.63. The van der Waals surface area contributed by atoms with E-state index in [1.54, 1.807) is 0 Å². The summed E-state index contributed by atoms with van der Waals surface area (Å²) in [7, 11) is 0. The second-order valence-corrected chi connectivity index (χ2v) is 4.19. The Bertz CT molecular complexity index is 472. The third kappa shape index (κ3) is 6.26. The molecule has 1 atom stereocenters. The number of carbonyl (C=O) groups is 2. The van der Waals surface area contributed by atoms with Gasteiger partial charge in [-0.1, -0.05) is 30.3 Å². The van der Waals surface area contributed by atoms with E-state index in [0.29, 0.717) is 6.61 Å². The highest BCUT2D eigenvalue weighted by Crippen LogP contribution is 2.13. The number of carboxylic acids is 1. The van der Waals surface area contributed by atoms with E-state index in [4.69, 9.17) is 14.6 Å². The van der Waals surface area contributed by atoms with Gasteiger partial charge >= 0.3 is 18.1 Å². The van der Waals surface area contributed by atoms with Crippen LogP contribution >= 0.6 is 0 Å². The molecule has 0 spiro atoms. The van der Waals surface area contributed by atoms with Gasteiger partial charge in [0, 0.05) is 0 Å². The zero-order valence-electron chi connectivity index (χ0n) is 10.9. The Balaban J connectivity index is 0.000000270. The van der Waals surface area contributed by atoms with E-state index in [0.717, 1.165) is 18.5 Å². The predicted octanol–water partition coefficient (Wildman–Crippen LogP) is 1.72. The zero-order valence-corrected chi connectivity index (χ0v) is 10.9. The van der Waals surface area contributed by atoms with Crippen molar-refractivity contribution in [1.29, 1.82) is 0 Å². The van der Waals surface area contributed by atoms with Crippen LogP contribution in [0, 0.1) is 0 Å². The first kappa shape index (κ1) is 17.0. The molecule has 1 aromatic rings. The first-order valence-electron chi connectivity index (χ1n) is 6.04. The maximum absolute atomic E-state index is 11.3. The third-order valence-corrected chi connectivity index (χ3v) is 2.57. The summed E-state index contributed by atoms with van der Waals surface area (Å²) in [6, 6.07) is 9.64. The quantitative estimate of drug-likeness (QED) is 0.832. The summed E-state index contributed by atoms with van der Waals surface area (Å²) in [6.07, 6.45) is -4.19. The summed E-state index contributed by atoms with van der Waals surface area (Å²) in [5.41, 5.74) is 1.03. The van der Waals surface area contributed by atoms with Crippen LogP contribution in [0.4, 0.5) is 13.2 Å². The molecule has 1 heterocycles. The molecule has 116 valence electrons. The van der Waals surface area contributed by atoms with E-state index in [9.17, 15) is 18.0 Å². The molecule has 0 unspecified atom stereocenters. The molecular formula is C13H14F3NO4. The minimum atomic E-state index is -5.08. The van der Waals surface area contributed by atoms with Gasteiger partial charge in [0.05, 0.1) is 0 Å². The smallest absolute Gasteiger partial charge is 0.475 e. The average Bonchev–Trinajstić information content (AvgIpc) is 2.35. The van der Waals surface area contributed by atoms with Crippen LogP contribution in [0.2, 0.25) is 0 Å². The zero-order chi connectivity index (χ0) is 15.9. The number of carboxylic acid groups (broad SMARTS) is 1. The SMILES string of the molecule is O=C(O)C(F)(F)F.O=C(OCc1ccccc1)[C@@H]1CCN1. The van der Waals surface area contributed by atoms with Crippen LogP contribution in [0.1, 0.15) is 12.0 Å². The summed E-state index contributed by atoms with van der Waals surface area (Å²) in [6.45, 7) is 1.29. The fourth-order valence-corrected chi connectivity index (χ4v) is 1.32. The molecule has 21 heavy (non-hydrogen) atoms. The Morgan fingerprint density at radius 3 is 2.19 bits per heavy atom. The Labute approximate surface area is 118 Å². The van der Waals surface area contributed by atoms with Gasteiger partial charge in [0.25, 0.3) is 0 Å². The fraction of sp³-hybridized carbons (Fsp3) is 0.385. The van der Waals surface area contributed by atoms with Gasteiger partial charge in [0.2, 0.25) is 0 Å². The number of ether oxygens (including phenoxy) is 1. The lowest BCUT2D eigenvalue weighted by atomic mass is 10.1. The van der Waals surface area contributed by atoms with Crippen LogP contribution in [0.25, 0.3) is 0 Å². The molecule has 0 amide bonds. The van der Waals surface area contributed by atoms with Crippen molar-refractivity contribution in [2.24, 2.45) is 0 Å². The summed E-state index contributed by atoms with van der Waals surface area (Å²) in [5.74, 6) is -2.90. The van der Waals surface area contributed by atoms with Crippen molar-refractivity contribution in [1.82, 2.24) is 5.32 Å². The van der Waals surface area contributed by atoms with Crippen molar-refractivity contribution >= 4 is 11.9 Å². The highest BCUT2D eigenvalue weighted by molar-refractivity contribution is 5.76. The third-order valence-electron chi connectivity index (χ3n) is 2.57. The number of aliphatic carboxylic acids is 1. The van der Waals surface area contributed by atoms with E-state index in [1.807, 2.05) is 30.3 Å². The van der Waals surface area contributed by atoms with Gasteiger partial charge in [0.1, 0.15) is 12.6 Å². The number of hydrogen-bond donors (Lipinski definition) is 2.